The quantitative estimate of drug-likeness (QED) is 0.811. The van der Waals surface area contributed by atoms with E-state index < -0.39 is 12.0 Å². The highest BCUT2D eigenvalue weighted by molar-refractivity contribution is 5.84. The summed E-state index contributed by atoms with van der Waals surface area (Å²) in [5.41, 5.74) is 2.28. The van der Waals surface area contributed by atoms with Gasteiger partial charge in [0.05, 0.1) is 0 Å². The summed E-state index contributed by atoms with van der Waals surface area (Å²) in [5, 5.41) is 11.9. The van der Waals surface area contributed by atoms with E-state index in [1.807, 2.05) is 52.0 Å². The number of hydrogen-bond acceptors (Lipinski definition) is 2. The molecule has 0 aliphatic heterocycles. The molecule has 116 valence electrons. The zero-order chi connectivity index (χ0) is 16.0. The summed E-state index contributed by atoms with van der Waals surface area (Å²) in [5.74, 6) is -1.20. The molecular weight excluding hydrogens is 266 g/mol. The first-order chi connectivity index (χ1) is 9.86. The largest absolute Gasteiger partial charge is 0.480 e. The number of aliphatic carboxylic acids is 1. The van der Waals surface area contributed by atoms with Gasteiger partial charge in [-0.1, -0.05) is 51.5 Å². The maximum absolute atomic E-state index is 12.1. The average Bonchev–Trinajstić information content (AvgIpc) is 2.44. The number of rotatable bonds is 7. The normalized spacial score (nSPS) is 15.0. The lowest BCUT2D eigenvalue weighted by Gasteiger charge is -2.21. The first-order valence-corrected chi connectivity index (χ1v) is 7.44. The molecule has 0 aromatic heterocycles. The Morgan fingerprint density at radius 2 is 1.86 bits per heavy atom. The highest BCUT2D eigenvalue weighted by Crippen LogP contribution is 2.22. The fourth-order valence-electron chi connectivity index (χ4n) is 2.44. The van der Waals surface area contributed by atoms with Crippen LogP contribution in [0.3, 0.4) is 0 Å². The molecule has 2 N–H and O–H groups in total. The van der Waals surface area contributed by atoms with Crippen molar-refractivity contribution < 1.29 is 14.7 Å². The van der Waals surface area contributed by atoms with Gasteiger partial charge in [0.1, 0.15) is 6.04 Å². The number of nitrogens with one attached hydrogen (secondary N) is 1. The smallest absolute Gasteiger partial charge is 0.326 e. The monoisotopic (exact) mass is 291 g/mol. The van der Waals surface area contributed by atoms with Crippen LogP contribution in [0.4, 0.5) is 0 Å². The van der Waals surface area contributed by atoms with Gasteiger partial charge in [-0.3, -0.25) is 4.79 Å². The van der Waals surface area contributed by atoms with Crippen molar-refractivity contribution in [2.75, 3.05) is 0 Å². The minimum atomic E-state index is -0.971. The van der Waals surface area contributed by atoms with Crippen LogP contribution in [-0.4, -0.2) is 23.0 Å². The lowest BCUT2D eigenvalue weighted by molar-refractivity contribution is -0.143. The van der Waals surface area contributed by atoms with Crippen LogP contribution in [0.25, 0.3) is 0 Å². The van der Waals surface area contributed by atoms with Crippen molar-refractivity contribution in [2.45, 2.75) is 52.5 Å². The fraction of sp³-hybridized carbons (Fsp3) is 0.529. The van der Waals surface area contributed by atoms with Gasteiger partial charge >= 0.3 is 5.97 Å². The van der Waals surface area contributed by atoms with E-state index in [0.717, 1.165) is 11.1 Å². The Labute approximate surface area is 126 Å². The van der Waals surface area contributed by atoms with Crippen molar-refractivity contribution in [3.8, 4) is 0 Å². The van der Waals surface area contributed by atoms with Crippen LogP contribution in [-0.2, 0) is 9.59 Å². The van der Waals surface area contributed by atoms with Gasteiger partial charge in [0.2, 0.25) is 5.91 Å². The molecule has 0 spiro atoms. The van der Waals surface area contributed by atoms with Crippen molar-refractivity contribution in [2.24, 2.45) is 5.92 Å². The van der Waals surface area contributed by atoms with Gasteiger partial charge in [-0.15, -0.1) is 0 Å². The molecule has 0 aliphatic carbocycles. The van der Waals surface area contributed by atoms with Crippen molar-refractivity contribution in [3.05, 3.63) is 35.4 Å². The van der Waals surface area contributed by atoms with Gasteiger partial charge in [-0.2, -0.15) is 0 Å². The molecule has 1 rings (SSSR count). The number of carbonyl (C=O) groups excluding carboxylic acids is 1. The van der Waals surface area contributed by atoms with Crippen LogP contribution >= 0.6 is 0 Å². The molecule has 0 saturated heterocycles. The number of aryl methyl sites for hydroxylation is 1. The van der Waals surface area contributed by atoms with Gasteiger partial charge in [0.25, 0.3) is 0 Å². The van der Waals surface area contributed by atoms with Crippen LogP contribution in [0, 0.1) is 12.8 Å². The van der Waals surface area contributed by atoms with Crippen LogP contribution < -0.4 is 5.32 Å². The SMILES string of the molecule is CCC(C)C(NC(=O)CC(C)c1ccccc1C)C(=O)O. The summed E-state index contributed by atoms with van der Waals surface area (Å²) in [6.07, 6.45) is 1.01. The molecule has 0 heterocycles. The van der Waals surface area contributed by atoms with Crippen LogP contribution in [0.5, 0.6) is 0 Å². The average molecular weight is 291 g/mol. The number of amides is 1. The van der Waals surface area contributed by atoms with E-state index in [9.17, 15) is 14.7 Å². The third-order valence-electron chi connectivity index (χ3n) is 4.01. The van der Waals surface area contributed by atoms with Gasteiger partial charge in [-0.25, -0.2) is 4.79 Å². The van der Waals surface area contributed by atoms with Gasteiger partial charge in [-0.05, 0) is 29.9 Å². The van der Waals surface area contributed by atoms with Crippen LogP contribution in [0.2, 0.25) is 0 Å². The van der Waals surface area contributed by atoms with Crippen molar-refractivity contribution in [3.63, 3.8) is 0 Å². The molecule has 0 bridgehead atoms. The highest BCUT2D eigenvalue weighted by Gasteiger charge is 2.26. The van der Waals surface area contributed by atoms with E-state index in [1.54, 1.807) is 0 Å². The lowest BCUT2D eigenvalue weighted by atomic mass is 9.93. The molecule has 4 nitrogen and oxygen atoms in total. The number of carboxylic acids is 1. The lowest BCUT2D eigenvalue weighted by Crippen LogP contribution is -2.45. The minimum absolute atomic E-state index is 0.0672. The summed E-state index contributed by atoms with van der Waals surface area (Å²) in [6, 6.07) is 7.14. The minimum Gasteiger partial charge on any atom is -0.480 e. The Kier molecular flexibility index (Phi) is 6.40. The molecule has 3 unspecified atom stereocenters. The van der Waals surface area contributed by atoms with Crippen molar-refractivity contribution >= 4 is 11.9 Å². The van der Waals surface area contributed by atoms with E-state index in [2.05, 4.69) is 5.32 Å². The second-order valence-corrected chi connectivity index (χ2v) is 5.73. The molecule has 0 fully saturated rings. The van der Waals surface area contributed by atoms with Gasteiger partial charge in [0, 0.05) is 6.42 Å². The van der Waals surface area contributed by atoms with Crippen LogP contribution in [0.1, 0.15) is 50.7 Å². The molecule has 0 saturated carbocycles. The summed E-state index contributed by atoms with van der Waals surface area (Å²) in [7, 11) is 0. The molecule has 1 aromatic rings. The van der Waals surface area contributed by atoms with E-state index in [0.29, 0.717) is 12.8 Å². The number of hydrogen-bond donors (Lipinski definition) is 2. The topological polar surface area (TPSA) is 66.4 Å². The molecule has 4 heteroatoms. The number of carboxylic acid groups (broad SMARTS) is 1. The summed E-state index contributed by atoms with van der Waals surface area (Å²) in [6.45, 7) is 7.76. The highest BCUT2D eigenvalue weighted by atomic mass is 16.4. The Hall–Kier alpha value is -1.84. The van der Waals surface area contributed by atoms with Crippen LogP contribution in [0.15, 0.2) is 24.3 Å². The Balaban J connectivity index is 2.68. The molecule has 21 heavy (non-hydrogen) atoms. The first-order valence-electron chi connectivity index (χ1n) is 7.44. The first kappa shape index (κ1) is 17.2. The Morgan fingerprint density at radius 1 is 1.24 bits per heavy atom. The number of benzene rings is 1. The molecule has 0 aliphatic rings. The molecule has 3 atom stereocenters. The standard InChI is InChI=1S/C17H25NO3/c1-5-11(2)16(17(20)21)18-15(19)10-13(4)14-9-7-6-8-12(14)3/h6-9,11,13,16H,5,10H2,1-4H3,(H,18,19)(H,20,21). The summed E-state index contributed by atoms with van der Waals surface area (Å²) in [4.78, 5) is 23.3. The van der Waals surface area contributed by atoms with Gasteiger partial charge < -0.3 is 10.4 Å². The molecule has 0 radical (unpaired) electrons. The van der Waals surface area contributed by atoms with Crippen molar-refractivity contribution in [1.82, 2.24) is 5.32 Å². The second-order valence-electron chi connectivity index (χ2n) is 5.73. The van der Waals surface area contributed by atoms with Gasteiger partial charge in [0.15, 0.2) is 0 Å². The number of carbonyl (C=O) groups is 2. The van der Waals surface area contributed by atoms with E-state index in [1.165, 1.54) is 0 Å². The fourth-order valence-corrected chi connectivity index (χ4v) is 2.44. The maximum atomic E-state index is 12.1. The summed E-state index contributed by atoms with van der Waals surface area (Å²) >= 11 is 0. The predicted octanol–water partition coefficient (Wildman–Crippen LogP) is 3.10. The van der Waals surface area contributed by atoms with E-state index in [4.69, 9.17) is 0 Å². The Morgan fingerprint density at radius 3 is 2.38 bits per heavy atom. The summed E-state index contributed by atoms with van der Waals surface area (Å²) < 4.78 is 0. The third-order valence-corrected chi connectivity index (χ3v) is 4.01. The molecule has 1 amide bonds. The zero-order valence-corrected chi connectivity index (χ0v) is 13.2. The van der Waals surface area contributed by atoms with E-state index in [-0.39, 0.29) is 17.7 Å². The molecule has 1 aromatic carbocycles. The maximum Gasteiger partial charge on any atom is 0.326 e. The second kappa shape index (κ2) is 7.81. The zero-order valence-electron chi connectivity index (χ0n) is 13.2. The third kappa shape index (κ3) is 4.88. The van der Waals surface area contributed by atoms with Crippen molar-refractivity contribution in [1.29, 1.82) is 0 Å². The Bertz CT molecular complexity index is 499. The molecular formula is C17H25NO3. The predicted molar refractivity (Wildman–Crippen MR) is 83.2 cm³/mol. The van der Waals surface area contributed by atoms with E-state index >= 15 is 0 Å².